The first-order valence-electron chi connectivity index (χ1n) is 12.0. The number of likely N-dealkylation sites (tertiary alicyclic amines) is 1. The highest BCUT2D eigenvalue weighted by Crippen LogP contribution is 2.35. The van der Waals surface area contributed by atoms with Crippen LogP contribution in [0, 0.1) is 10.1 Å². The molecule has 1 aliphatic heterocycles. The van der Waals surface area contributed by atoms with E-state index in [-0.39, 0.29) is 23.1 Å². The molecule has 2 N–H and O–H groups in total. The Balaban J connectivity index is 0.000000236. The number of nitrogens with two attached hydrogens (primary N) is 1. The van der Waals surface area contributed by atoms with Gasteiger partial charge in [0.25, 0.3) is 5.69 Å². The minimum atomic E-state index is -0.483. The second kappa shape index (κ2) is 11.2. The number of methoxy groups -OCH3 is 1. The molecule has 194 valence electrons. The van der Waals surface area contributed by atoms with Gasteiger partial charge in [-0.1, -0.05) is 6.92 Å². The number of hydrogen-bond acceptors (Lipinski definition) is 8. The van der Waals surface area contributed by atoms with Crippen molar-refractivity contribution in [1.82, 2.24) is 19.5 Å². The van der Waals surface area contributed by atoms with Gasteiger partial charge >= 0.3 is 6.09 Å². The van der Waals surface area contributed by atoms with E-state index in [1.54, 1.807) is 34.9 Å². The quantitative estimate of drug-likeness (QED) is 0.305. The summed E-state index contributed by atoms with van der Waals surface area (Å²) < 4.78 is 12.2. The number of piperidine rings is 1. The molecule has 2 aromatic heterocycles. The van der Waals surface area contributed by atoms with Crippen LogP contribution >= 0.6 is 0 Å². The highest BCUT2D eigenvalue weighted by atomic mass is 16.6. The summed E-state index contributed by atoms with van der Waals surface area (Å²) in [6.45, 7) is 9.37. The molecule has 11 heteroatoms. The molecule has 0 unspecified atom stereocenters. The zero-order valence-electron chi connectivity index (χ0n) is 21.5. The van der Waals surface area contributed by atoms with Crippen LogP contribution in [0.3, 0.4) is 0 Å². The molecule has 1 aromatic carbocycles. The van der Waals surface area contributed by atoms with Crippen molar-refractivity contribution < 1.29 is 19.2 Å². The summed E-state index contributed by atoms with van der Waals surface area (Å²) >= 11 is 0. The lowest BCUT2D eigenvalue weighted by atomic mass is 9.97. The van der Waals surface area contributed by atoms with Crippen molar-refractivity contribution in [3.63, 3.8) is 0 Å². The second-order valence-corrected chi connectivity index (χ2v) is 9.53. The van der Waals surface area contributed by atoms with E-state index in [9.17, 15) is 14.9 Å². The topological polar surface area (TPSA) is 138 Å². The number of aromatic nitrogens is 3. The summed E-state index contributed by atoms with van der Waals surface area (Å²) in [5.74, 6) is 0.543. The Labute approximate surface area is 210 Å². The fourth-order valence-corrected chi connectivity index (χ4v) is 3.97. The summed E-state index contributed by atoms with van der Waals surface area (Å²) in [6.07, 6.45) is 7.17. The van der Waals surface area contributed by atoms with Gasteiger partial charge in [0.2, 0.25) is 0 Å². The van der Waals surface area contributed by atoms with Crippen LogP contribution in [0.5, 0.6) is 5.75 Å². The number of rotatable bonds is 4. The van der Waals surface area contributed by atoms with Crippen molar-refractivity contribution in [3.05, 3.63) is 46.4 Å². The third-order valence-electron chi connectivity index (χ3n) is 5.71. The van der Waals surface area contributed by atoms with Crippen molar-refractivity contribution in [2.45, 2.75) is 59.0 Å². The smallest absolute Gasteiger partial charge is 0.410 e. The van der Waals surface area contributed by atoms with Crippen LogP contribution in [0.2, 0.25) is 0 Å². The highest BCUT2D eigenvalue weighted by Gasteiger charge is 2.23. The minimum absolute atomic E-state index is 0.116. The van der Waals surface area contributed by atoms with Crippen molar-refractivity contribution in [2.75, 3.05) is 25.9 Å². The molecule has 0 bridgehead atoms. The Hall–Kier alpha value is -3.89. The monoisotopic (exact) mass is 498 g/mol. The summed E-state index contributed by atoms with van der Waals surface area (Å²) in [6, 6.07) is 4.93. The number of hydrogen-bond donors (Lipinski definition) is 1. The van der Waals surface area contributed by atoms with E-state index >= 15 is 0 Å². The number of aryl methyl sites for hydroxylation is 1. The van der Waals surface area contributed by atoms with Crippen LogP contribution in [0.1, 0.15) is 52.5 Å². The number of pyridine rings is 1. The average molecular weight is 499 g/mol. The van der Waals surface area contributed by atoms with Gasteiger partial charge in [0, 0.05) is 30.9 Å². The van der Waals surface area contributed by atoms with E-state index in [0.29, 0.717) is 17.8 Å². The van der Waals surface area contributed by atoms with Crippen molar-refractivity contribution in [2.24, 2.45) is 0 Å². The molecule has 11 nitrogen and oxygen atoms in total. The van der Waals surface area contributed by atoms with Gasteiger partial charge in [-0.3, -0.25) is 10.1 Å². The van der Waals surface area contributed by atoms with Crippen LogP contribution in [-0.2, 0) is 11.2 Å². The number of nitrogens with zero attached hydrogens (tertiary/aromatic N) is 5. The predicted octanol–water partition coefficient (Wildman–Crippen LogP) is 4.87. The number of amides is 1. The number of carbonyl (C=O) groups is 1. The van der Waals surface area contributed by atoms with Gasteiger partial charge in [-0.25, -0.2) is 14.3 Å². The molecule has 1 saturated heterocycles. The molecule has 4 rings (SSSR count). The van der Waals surface area contributed by atoms with E-state index in [0.717, 1.165) is 42.6 Å². The van der Waals surface area contributed by atoms with E-state index in [1.165, 1.54) is 18.8 Å². The van der Waals surface area contributed by atoms with Gasteiger partial charge < -0.3 is 20.1 Å². The van der Waals surface area contributed by atoms with Gasteiger partial charge in [0.1, 0.15) is 17.6 Å². The lowest BCUT2D eigenvalue weighted by Gasteiger charge is -2.29. The lowest BCUT2D eigenvalue weighted by Crippen LogP contribution is -2.39. The molecule has 36 heavy (non-hydrogen) atoms. The van der Waals surface area contributed by atoms with Gasteiger partial charge in [-0.15, -0.1) is 0 Å². The van der Waals surface area contributed by atoms with Crippen LogP contribution < -0.4 is 10.5 Å². The minimum Gasteiger partial charge on any atom is -0.493 e. The van der Waals surface area contributed by atoms with E-state index in [1.807, 2.05) is 27.7 Å². The number of carbonyl (C=O) groups excluding carboxylic acids is 1. The molecular formula is C25H34N6O5. The van der Waals surface area contributed by atoms with Gasteiger partial charge in [-0.05, 0) is 69.7 Å². The zero-order chi connectivity index (χ0) is 26.5. The van der Waals surface area contributed by atoms with Crippen LogP contribution in [-0.4, -0.2) is 56.3 Å². The number of nitro groups is 1. The van der Waals surface area contributed by atoms with Crippen LogP contribution in [0.4, 0.5) is 16.2 Å². The largest absolute Gasteiger partial charge is 0.493 e. The summed E-state index contributed by atoms with van der Waals surface area (Å²) in [4.78, 5) is 28.1. The number of nitro benzene ring substituents is 1. The first-order chi connectivity index (χ1) is 17.0. The SMILES string of the molecule is CC(C)(C)OC(=O)N1CCCCC1.CCc1cc(N)c([N+](=O)[O-])cc1-c1cc(OC)c2ncnn2c1. The molecule has 0 aliphatic carbocycles. The van der Waals surface area contributed by atoms with Gasteiger partial charge in [0.15, 0.2) is 11.4 Å². The summed E-state index contributed by atoms with van der Waals surface area (Å²) in [7, 11) is 1.54. The maximum absolute atomic E-state index is 11.5. The van der Waals surface area contributed by atoms with Crippen molar-refractivity contribution >= 4 is 23.1 Å². The number of nitrogen functional groups attached to an aromatic ring is 1. The fraction of sp³-hybridized carbons (Fsp3) is 0.480. The average Bonchev–Trinajstić information content (AvgIpc) is 3.31. The second-order valence-electron chi connectivity index (χ2n) is 9.53. The Morgan fingerprint density at radius 3 is 2.47 bits per heavy atom. The highest BCUT2D eigenvalue weighted by molar-refractivity contribution is 5.77. The third-order valence-corrected chi connectivity index (χ3v) is 5.71. The Bertz CT molecular complexity index is 1230. The standard InChI is InChI=1S/C15H15N5O3.C10H19NO2/c1-3-9-4-12(16)13(20(21)22)6-11(9)10-5-14(23-2)15-17-8-18-19(15)7-10;1-10(2,3)13-9(12)11-7-5-4-6-8-11/h4-8H,3,16H2,1-2H3;4-8H2,1-3H3. The van der Waals surface area contributed by atoms with E-state index in [2.05, 4.69) is 10.1 Å². The molecule has 1 aliphatic rings. The molecule has 3 aromatic rings. The van der Waals surface area contributed by atoms with Crippen molar-refractivity contribution in [1.29, 1.82) is 0 Å². The van der Waals surface area contributed by atoms with Gasteiger partial charge in [0.05, 0.1) is 12.0 Å². The number of anilines is 1. The molecular weight excluding hydrogens is 464 g/mol. The fourth-order valence-electron chi connectivity index (χ4n) is 3.97. The molecule has 0 radical (unpaired) electrons. The molecule has 1 amide bonds. The number of benzene rings is 1. The molecule has 0 saturated carbocycles. The summed E-state index contributed by atoms with van der Waals surface area (Å²) in [5.41, 5.74) is 8.43. The number of ether oxygens (including phenoxy) is 2. The first-order valence-corrected chi connectivity index (χ1v) is 12.0. The van der Waals surface area contributed by atoms with Crippen LogP contribution in [0.15, 0.2) is 30.7 Å². The molecule has 0 spiro atoms. The maximum atomic E-state index is 11.5. The third kappa shape index (κ3) is 6.41. The van der Waals surface area contributed by atoms with Crippen molar-refractivity contribution in [3.8, 4) is 16.9 Å². The molecule has 1 fully saturated rings. The Morgan fingerprint density at radius 1 is 1.19 bits per heavy atom. The first kappa shape index (κ1) is 26.7. The molecule has 0 atom stereocenters. The van der Waals surface area contributed by atoms with Crippen LogP contribution in [0.25, 0.3) is 16.8 Å². The van der Waals surface area contributed by atoms with E-state index < -0.39 is 4.92 Å². The zero-order valence-corrected chi connectivity index (χ0v) is 21.5. The Kier molecular flexibility index (Phi) is 8.33. The lowest BCUT2D eigenvalue weighted by molar-refractivity contribution is -0.383. The number of fused-ring (bicyclic) bond motifs is 1. The van der Waals surface area contributed by atoms with E-state index in [4.69, 9.17) is 15.2 Å². The normalized spacial score (nSPS) is 13.6. The Morgan fingerprint density at radius 2 is 1.89 bits per heavy atom. The maximum Gasteiger partial charge on any atom is 0.410 e. The summed E-state index contributed by atoms with van der Waals surface area (Å²) in [5, 5.41) is 15.3. The van der Waals surface area contributed by atoms with Gasteiger partial charge in [-0.2, -0.15) is 5.10 Å². The predicted molar refractivity (Wildman–Crippen MR) is 137 cm³/mol. The molecule has 3 heterocycles.